The molecule has 0 unspecified atom stereocenters. The Morgan fingerprint density at radius 3 is 2.93 bits per heavy atom. The summed E-state index contributed by atoms with van der Waals surface area (Å²) in [4.78, 5) is 0. The SMILES string of the molecule is Cc1ccc([C@H]2CNC[C@H]2CO)c(Cl)c1. The summed E-state index contributed by atoms with van der Waals surface area (Å²) < 4.78 is 0. The number of rotatable bonds is 2. The van der Waals surface area contributed by atoms with E-state index in [0.717, 1.165) is 23.7 Å². The highest BCUT2D eigenvalue weighted by Gasteiger charge is 2.28. The van der Waals surface area contributed by atoms with E-state index in [1.54, 1.807) is 0 Å². The second-order valence-electron chi connectivity index (χ2n) is 4.23. The van der Waals surface area contributed by atoms with Crippen LogP contribution in [0.25, 0.3) is 0 Å². The summed E-state index contributed by atoms with van der Waals surface area (Å²) in [6.07, 6.45) is 0. The quantitative estimate of drug-likeness (QED) is 0.807. The maximum Gasteiger partial charge on any atom is 0.0477 e. The van der Waals surface area contributed by atoms with Gasteiger partial charge in [0.05, 0.1) is 0 Å². The molecule has 0 radical (unpaired) electrons. The molecule has 0 amide bonds. The van der Waals surface area contributed by atoms with E-state index in [4.69, 9.17) is 11.6 Å². The molecule has 2 atom stereocenters. The Labute approximate surface area is 95.3 Å². The van der Waals surface area contributed by atoms with Gasteiger partial charge in [0.25, 0.3) is 0 Å². The van der Waals surface area contributed by atoms with Crippen LogP contribution in [-0.2, 0) is 0 Å². The Balaban J connectivity index is 2.28. The van der Waals surface area contributed by atoms with Crippen molar-refractivity contribution in [1.29, 1.82) is 0 Å². The number of aryl methyl sites for hydroxylation is 1. The van der Waals surface area contributed by atoms with E-state index >= 15 is 0 Å². The topological polar surface area (TPSA) is 32.3 Å². The Bertz CT molecular complexity index is 353. The van der Waals surface area contributed by atoms with Gasteiger partial charge in [-0.05, 0) is 24.1 Å². The van der Waals surface area contributed by atoms with Crippen LogP contribution in [-0.4, -0.2) is 24.8 Å². The molecular weight excluding hydrogens is 210 g/mol. The van der Waals surface area contributed by atoms with Crippen LogP contribution in [0.4, 0.5) is 0 Å². The molecule has 1 aromatic carbocycles. The van der Waals surface area contributed by atoms with Crippen LogP contribution >= 0.6 is 11.6 Å². The molecule has 1 aliphatic heterocycles. The van der Waals surface area contributed by atoms with Crippen molar-refractivity contribution in [3.8, 4) is 0 Å². The van der Waals surface area contributed by atoms with Crippen LogP contribution < -0.4 is 5.32 Å². The number of hydrogen-bond donors (Lipinski definition) is 2. The minimum Gasteiger partial charge on any atom is -0.396 e. The minimum absolute atomic E-state index is 0.224. The first-order valence-electron chi connectivity index (χ1n) is 5.30. The van der Waals surface area contributed by atoms with Gasteiger partial charge >= 0.3 is 0 Å². The predicted molar refractivity (Wildman–Crippen MR) is 62.4 cm³/mol. The van der Waals surface area contributed by atoms with Crippen molar-refractivity contribution in [2.75, 3.05) is 19.7 Å². The van der Waals surface area contributed by atoms with E-state index in [9.17, 15) is 5.11 Å². The Hall–Kier alpha value is -0.570. The van der Waals surface area contributed by atoms with Crippen molar-refractivity contribution >= 4 is 11.6 Å². The molecule has 0 aliphatic carbocycles. The van der Waals surface area contributed by atoms with Crippen LogP contribution in [0.15, 0.2) is 18.2 Å². The summed E-state index contributed by atoms with van der Waals surface area (Å²) in [5.41, 5.74) is 2.33. The monoisotopic (exact) mass is 225 g/mol. The molecule has 82 valence electrons. The highest BCUT2D eigenvalue weighted by molar-refractivity contribution is 6.31. The predicted octanol–water partition coefficient (Wildman–Crippen LogP) is 1.94. The molecule has 0 aromatic heterocycles. The molecule has 2 nitrogen and oxygen atoms in total. The zero-order valence-electron chi connectivity index (χ0n) is 8.83. The molecule has 0 bridgehead atoms. The van der Waals surface area contributed by atoms with Crippen LogP contribution in [0.1, 0.15) is 17.0 Å². The van der Waals surface area contributed by atoms with E-state index in [2.05, 4.69) is 17.4 Å². The highest BCUT2D eigenvalue weighted by atomic mass is 35.5. The van der Waals surface area contributed by atoms with Gasteiger partial charge in [-0.15, -0.1) is 0 Å². The van der Waals surface area contributed by atoms with E-state index in [0.29, 0.717) is 11.8 Å². The second kappa shape index (κ2) is 4.52. The number of hydrogen-bond acceptors (Lipinski definition) is 2. The summed E-state index contributed by atoms with van der Waals surface area (Å²) in [6.45, 7) is 4.05. The maximum atomic E-state index is 9.26. The lowest BCUT2D eigenvalue weighted by molar-refractivity contribution is 0.226. The van der Waals surface area contributed by atoms with Crippen LogP contribution in [0.2, 0.25) is 5.02 Å². The van der Waals surface area contributed by atoms with Gasteiger partial charge < -0.3 is 10.4 Å². The third-order valence-electron chi connectivity index (χ3n) is 3.13. The number of aliphatic hydroxyl groups excluding tert-OH is 1. The highest BCUT2D eigenvalue weighted by Crippen LogP contribution is 2.33. The zero-order chi connectivity index (χ0) is 10.8. The van der Waals surface area contributed by atoms with Crippen molar-refractivity contribution < 1.29 is 5.11 Å². The van der Waals surface area contributed by atoms with Crippen LogP contribution in [0, 0.1) is 12.8 Å². The van der Waals surface area contributed by atoms with E-state index < -0.39 is 0 Å². The largest absolute Gasteiger partial charge is 0.396 e. The van der Waals surface area contributed by atoms with Gasteiger partial charge in [-0.25, -0.2) is 0 Å². The average molecular weight is 226 g/mol. The lowest BCUT2D eigenvalue weighted by atomic mass is 9.89. The molecule has 2 N–H and O–H groups in total. The lowest BCUT2D eigenvalue weighted by Gasteiger charge is -2.18. The molecule has 0 saturated carbocycles. The molecule has 1 aliphatic rings. The van der Waals surface area contributed by atoms with E-state index in [-0.39, 0.29) is 6.61 Å². The fourth-order valence-electron chi connectivity index (χ4n) is 2.22. The molecule has 1 heterocycles. The van der Waals surface area contributed by atoms with Crippen molar-refractivity contribution in [2.45, 2.75) is 12.8 Å². The molecular formula is C12H16ClNO. The second-order valence-corrected chi connectivity index (χ2v) is 4.64. The van der Waals surface area contributed by atoms with Gasteiger partial charge in [-0.1, -0.05) is 23.7 Å². The van der Waals surface area contributed by atoms with Gasteiger partial charge in [-0.2, -0.15) is 0 Å². The summed E-state index contributed by atoms with van der Waals surface area (Å²) in [6, 6.07) is 6.15. The first-order valence-corrected chi connectivity index (χ1v) is 5.68. The molecule has 1 fully saturated rings. The standard InChI is InChI=1S/C12H16ClNO/c1-8-2-3-10(12(13)4-8)11-6-14-5-9(11)7-15/h2-4,9,11,14-15H,5-7H2,1H3/t9-,11-/m0/s1. The van der Waals surface area contributed by atoms with E-state index in [1.165, 1.54) is 5.56 Å². The van der Waals surface area contributed by atoms with Crippen LogP contribution in [0.5, 0.6) is 0 Å². The maximum absolute atomic E-state index is 9.26. The van der Waals surface area contributed by atoms with E-state index in [1.807, 2.05) is 13.0 Å². The molecule has 15 heavy (non-hydrogen) atoms. The van der Waals surface area contributed by atoms with Crippen molar-refractivity contribution in [1.82, 2.24) is 5.32 Å². The fraction of sp³-hybridized carbons (Fsp3) is 0.500. The Kier molecular flexibility index (Phi) is 3.29. The van der Waals surface area contributed by atoms with Gasteiger partial charge in [0.2, 0.25) is 0 Å². The normalized spacial score (nSPS) is 25.8. The molecule has 0 spiro atoms. The van der Waals surface area contributed by atoms with Crippen molar-refractivity contribution in [3.05, 3.63) is 34.3 Å². The van der Waals surface area contributed by atoms with Gasteiger partial charge in [0.15, 0.2) is 0 Å². The van der Waals surface area contributed by atoms with Gasteiger partial charge in [0.1, 0.15) is 0 Å². The number of halogens is 1. The average Bonchev–Trinajstić information content (AvgIpc) is 2.65. The smallest absolute Gasteiger partial charge is 0.0477 e. The molecule has 2 rings (SSSR count). The third kappa shape index (κ3) is 2.17. The number of nitrogens with one attached hydrogen (secondary N) is 1. The fourth-order valence-corrected chi connectivity index (χ4v) is 2.60. The molecule has 1 saturated heterocycles. The van der Waals surface area contributed by atoms with Crippen molar-refractivity contribution in [3.63, 3.8) is 0 Å². The molecule has 3 heteroatoms. The van der Waals surface area contributed by atoms with Crippen molar-refractivity contribution in [2.24, 2.45) is 5.92 Å². The van der Waals surface area contributed by atoms with Gasteiger partial charge in [0, 0.05) is 36.6 Å². The number of aliphatic hydroxyl groups is 1. The third-order valence-corrected chi connectivity index (χ3v) is 3.46. The first-order chi connectivity index (χ1) is 7.22. The summed E-state index contributed by atoms with van der Waals surface area (Å²) in [5.74, 6) is 0.647. The summed E-state index contributed by atoms with van der Waals surface area (Å²) in [7, 11) is 0. The minimum atomic E-state index is 0.224. The zero-order valence-corrected chi connectivity index (χ0v) is 9.59. The van der Waals surface area contributed by atoms with Crippen LogP contribution in [0.3, 0.4) is 0 Å². The summed E-state index contributed by atoms with van der Waals surface area (Å²) >= 11 is 6.22. The molecule has 1 aromatic rings. The lowest BCUT2D eigenvalue weighted by Crippen LogP contribution is -2.15. The number of benzene rings is 1. The first kappa shape index (κ1) is 10.9. The van der Waals surface area contributed by atoms with Gasteiger partial charge in [-0.3, -0.25) is 0 Å². The summed E-state index contributed by atoms with van der Waals surface area (Å²) in [5, 5.41) is 13.4. The Morgan fingerprint density at radius 1 is 1.47 bits per heavy atom. The Morgan fingerprint density at radius 2 is 2.27 bits per heavy atom.